The maximum absolute atomic E-state index is 12.7. The highest BCUT2D eigenvalue weighted by molar-refractivity contribution is 6.33. The number of hydrogen-bond acceptors (Lipinski definition) is 6. The lowest BCUT2D eigenvalue weighted by molar-refractivity contribution is -0.120. The van der Waals surface area contributed by atoms with Crippen LogP contribution < -0.4 is 16.0 Å². The summed E-state index contributed by atoms with van der Waals surface area (Å²) >= 11 is 6.44. The van der Waals surface area contributed by atoms with Crippen LogP contribution in [-0.4, -0.2) is 48.2 Å². The van der Waals surface area contributed by atoms with E-state index in [1.165, 1.54) is 0 Å². The number of halogens is 1. The average molecular weight is 458 g/mol. The summed E-state index contributed by atoms with van der Waals surface area (Å²) in [5, 5.41) is 10.4. The molecule has 4 heterocycles. The molecule has 4 rings (SSSR count). The lowest BCUT2D eigenvalue weighted by Gasteiger charge is -2.28. The smallest absolute Gasteiger partial charge is 0.229 e. The van der Waals surface area contributed by atoms with E-state index in [1.54, 1.807) is 12.3 Å². The fraction of sp³-hybridized carbons (Fsp3) is 0.542. The molecule has 3 N–H and O–H groups in total. The molecular formula is C24H32ClN5O2. The Balaban J connectivity index is 1.41. The number of piperidine rings is 1. The molecule has 2 aliphatic rings. The van der Waals surface area contributed by atoms with Crippen LogP contribution in [0, 0.1) is 11.8 Å². The summed E-state index contributed by atoms with van der Waals surface area (Å²) in [6.45, 7) is 5.40. The summed E-state index contributed by atoms with van der Waals surface area (Å²) in [7, 11) is 0. The number of rotatable bonds is 7. The molecule has 0 unspecified atom stereocenters. The van der Waals surface area contributed by atoms with E-state index in [1.807, 2.05) is 18.2 Å². The largest absolute Gasteiger partial charge is 0.381 e. The molecule has 0 spiro atoms. The topological polar surface area (TPSA) is 88.2 Å². The maximum Gasteiger partial charge on any atom is 0.229 e. The Morgan fingerprint density at radius 2 is 2.06 bits per heavy atom. The number of amides is 1. The van der Waals surface area contributed by atoms with Crippen molar-refractivity contribution in [2.24, 2.45) is 11.8 Å². The predicted octanol–water partition coefficient (Wildman–Crippen LogP) is 4.35. The first-order valence-corrected chi connectivity index (χ1v) is 12.0. The van der Waals surface area contributed by atoms with Gasteiger partial charge in [-0.05, 0) is 56.2 Å². The summed E-state index contributed by atoms with van der Waals surface area (Å²) in [4.78, 5) is 21.8. The lowest BCUT2D eigenvalue weighted by Crippen LogP contribution is -2.43. The number of ether oxygens (including phenoxy) is 1. The predicted molar refractivity (Wildman–Crippen MR) is 128 cm³/mol. The van der Waals surface area contributed by atoms with Gasteiger partial charge in [0, 0.05) is 44.1 Å². The van der Waals surface area contributed by atoms with Gasteiger partial charge in [0.2, 0.25) is 5.91 Å². The number of carbonyl (C=O) groups excluding carboxylic acids is 1. The second-order valence-electron chi connectivity index (χ2n) is 8.67. The summed E-state index contributed by atoms with van der Waals surface area (Å²) in [5.41, 5.74) is 1.49. The van der Waals surface area contributed by atoms with E-state index >= 15 is 0 Å². The van der Waals surface area contributed by atoms with Crippen molar-refractivity contribution in [1.29, 1.82) is 0 Å². The Labute approximate surface area is 194 Å². The second-order valence-corrected chi connectivity index (χ2v) is 9.08. The minimum atomic E-state index is -0.0467. The molecule has 2 aromatic heterocycles. The van der Waals surface area contributed by atoms with Gasteiger partial charge < -0.3 is 20.7 Å². The van der Waals surface area contributed by atoms with Crippen molar-refractivity contribution in [2.45, 2.75) is 45.1 Å². The molecule has 0 radical (unpaired) electrons. The first-order chi connectivity index (χ1) is 15.6. The van der Waals surface area contributed by atoms with Crippen LogP contribution in [0.15, 0.2) is 30.5 Å². The Hall–Kier alpha value is -2.22. The van der Waals surface area contributed by atoms with Crippen LogP contribution in [0.4, 0.5) is 11.6 Å². The van der Waals surface area contributed by atoms with E-state index in [2.05, 4.69) is 27.9 Å². The van der Waals surface area contributed by atoms with Crippen LogP contribution in [0.2, 0.25) is 5.02 Å². The van der Waals surface area contributed by atoms with Crippen molar-refractivity contribution in [3.63, 3.8) is 0 Å². The molecule has 2 atom stereocenters. The molecule has 0 aromatic carbocycles. The fourth-order valence-corrected chi connectivity index (χ4v) is 4.50. The molecular weight excluding hydrogens is 426 g/mol. The standard InChI is InChI=1S/C24H32ClN5O2/c1-2-18-7-6-17(14-26-18)24(31)30-23-12-19(20(25)15-28-23)21-4-3-5-22(29-21)27-13-16-8-10-32-11-9-16/h3-5,12,15-18,26H,2,6-11,13-14H2,1H3,(H,27,29)(H,28,30,31)/t17-,18+/m1/s1. The van der Waals surface area contributed by atoms with Crippen LogP contribution in [0.3, 0.4) is 0 Å². The number of aromatic nitrogens is 2. The van der Waals surface area contributed by atoms with Gasteiger partial charge in [-0.1, -0.05) is 24.6 Å². The lowest BCUT2D eigenvalue weighted by atomic mass is 9.93. The molecule has 7 nitrogen and oxygen atoms in total. The summed E-state index contributed by atoms with van der Waals surface area (Å²) in [6, 6.07) is 8.15. The minimum Gasteiger partial charge on any atom is -0.381 e. The summed E-state index contributed by atoms with van der Waals surface area (Å²) in [6.07, 6.45) is 6.71. The van der Waals surface area contributed by atoms with E-state index in [-0.39, 0.29) is 11.8 Å². The van der Waals surface area contributed by atoms with Crippen LogP contribution in [0.5, 0.6) is 0 Å². The zero-order valence-electron chi connectivity index (χ0n) is 18.6. The third-order valence-electron chi connectivity index (χ3n) is 6.42. The molecule has 1 amide bonds. The van der Waals surface area contributed by atoms with Gasteiger partial charge in [-0.2, -0.15) is 0 Å². The van der Waals surface area contributed by atoms with E-state index < -0.39 is 0 Å². The van der Waals surface area contributed by atoms with Crippen molar-refractivity contribution in [3.05, 3.63) is 35.5 Å². The highest BCUT2D eigenvalue weighted by Gasteiger charge is 2.25. The van der Waals surface area contributed by atoms with Crippen molar-refractivity contribution < 1.29 is 9.53 Å². The zero-order chi connectivity index (χ0) is 22.3. The van der Waals surface area contributed by atoms with E-state index in [4.69, 9.17) is 21.3 Å². The van der Waals surface area contributed by atoms with Crippen molar-refractivity contribution in [1.82, 2.24) is 15.3 Å². The maximum atomic E-state index is 12.7. The molecule has 0 aliphatic carbocycles. The van der Waals surface area contributed by atoms with Gasteiger partial charge in [-0.25, -0.2) is 9.97 Å². The number of pyridine rings is 2. The van der Waals surface area contributed by atoms with Gasteiger partial charge >= 0.3 is 0 Å². The number of hydrogen-bond donors (Lipinski definition) is 3. The first-order valence-electron chi connectivity index (χ1n) is 11.6. The van der Waals surface area contributed by atoms with Gasteiger partial charge in [-0.3, -0.25) is 4.79 Å². The average Bonchev–Trinajstić information content (AvgIpc) is 2.85. The second kappa shape index (κ2) is 11.1. The molecule has 2 saturated heterocycles. The Bertz CT molecular complexity index is 911. The quantitative estimate of drug-likeness (QED) is 0.572. The highest BCUT2D eigenvalue weighted by Crippen LogP contribution is 2.29. The fourth-order valence-electron chi connectivity index (χ4n) is 4.30. The van der Waals surface area contributed by atoms with Crippen LogP contribution in [0.1, 0.15) is 39.0 Å². The first kappa shape index (κ1) is 23.0. The van der Waals surface area contributed by atoms with Crippen molar-refractivity contribution in [3.8, 4) is 11.3 Å². The molecule has 2 fully saturated rings. The number of nitrogens with zero attached hydrogens (tertiary/aromatic N) is 2. The molecule has 0 saturated carbocycles. The Morgan fingerprint density at radius 3 is 2.81 bits per heavy atom. The van der Waals surface area contributed by atoms with Gasteiger partial charge in [0.05, 0.1) is 16.6 Å². The summed E-state index contributed by atoms with van der Waals surface area (Å²) < 4.78 is 5.43. The Morgan fingerprint density at radius 1 is 1.22 bits per heavy atom. The minimum absolute atomic E-state index is 0.00679. The summed E-state index contributed by atoms with van der Waals surface area (Å²) in [5.74, 6) is 1.85. The van der Waals surface area contributed by atoms with Crippen LogP contribution in [0.25, 0.3) is 11.3 Å². The normalized spacial score (nSPS) is 21.8. The third-order valence-corrected chi connectivity index (χ3v) is 6.73. The van der Waals surface area contributed by atoms with Crippen LogP contribution >= 0.6 is 11.6 Å². The molecule has 32 heavy (non-hydrogen) atoms. The molecule has 0 bridgehead atoms. The SMILES string of the molecule is CC[C@H]1CC[C@@H](C(=O)Nc2cc(-c3cccc(NCC4CCOCC4)n3)c(Cl)cn2)CN1. The number of nitrogens with one attached hydrogen (secondary N) is 3. The molecule has 2 aliphatic heterocycles. The molecule has 172 valence electrons. The van der Waals surface area contributed by atoms with Crippen LogP contribution in [-0.2, 0) is 9.53 Å². The van der Waals surface area contributed by atoms with E-state index in [9.17, 15) is 4.79 Å². The van der Waals surface area contributed by atoms with Gasteiger partial charge in [0.25, 0.3) is 0 Å². The number of carbonyl (C=O) groups is 1. The highest BCUT2D eigenvalue weighted by atomic mass is 35.5. The van der Waals surface area contributed by atoms with Gasteiger partial charge in [0.15, 0.2) is 0 Å². The third kappa shape index (κ3) is 5.97. The van der Waals surface area contributed by atoms with Crippen molar-refractivity contribution >= 4 is 29.1 Å². The van der Waals surface area contributed by atoms with Crippen molar-refractivity contribution in [2.75, 3.05) is 36.9 Å². The monoisotopic (exact) mass is 457 g/mol. The van der Waals surface area contributed by atoms with Gasteiger partial charge in [0.1, 0.15) is 11.6 Å². The van der Waals surface area contributed by atoms with E-state index in [0.717, 1.165) is 68.9 Å². The Kier molecular flexibility index (Phi) is 7.95. The molecule has 2 aromatic rings. The number of anilines is 2. The zero-order valence-corrected chi connectivity index (χ0v) is 19.3. The van der Waals surface area contributed by atoms with E-state index in [0.29, 0.717) is 29.3 Å². The molecule has 8 heteroatoms. The van der Waals surface area contributed by atoms with Gasteiger partial charge in [-0.15, -0.1) is 0 Å².